The molecule has 3 atom stereocenters. The zero-order valence-electron chi connectivity index (χ0n) is 15.1. The lowest BCUT2D eigenvalue weighted by atomic mass is 9.65. The molecule has 4 heteroatoms. The highest BCUT2D eigenvalue weighted by atomic mass is 19.1. The van der Waals surface area contributed by atoms with Crippen LogP contribution in [0.25, 0.3) is 0 Å². The van der Waals surface area contributed by atoms with Gasteiger partial charge in [-0.05, 0) is 36.2 Å². The van der Waals surface area contributed by atoms with Crippen LogP contribution >= 0.6 is 0 Å². The molecule has 1 saturated heterocycles. The van der Waals surface area contributed by atoms with Crippen molar-refractivity contribution in [3.63, 3.8) is 0 Å². The van der Waals surface area contributed by atoms with Crippen LogP contribution in [0.2, 0.25) is 0 Å². The summed E-state index contributed by atoms with van der Waals surface area (Å²) in [6.07, 6.45) is 3.17. The second-order valence-electron chi connectivity index (χ2n) is 8.90. The Labute approximate surface area is 144 Å². The molecule has 1 aliphatic carbocycles. The van der Waals surface area contributed by atoms with Gasteiger partial charge in [-0.1, -0.05) is 39.0 Å². The van der Waals surface area contributed by atoms with Gasteiger partial charge in [-0.25, -0.2) is 4.39 Å². The number of ether oxygens (including phenoxy) is 1. The molecule has 0 radical (unpaired) electrons. The van der Waals surface area contributed by atoms with E-state index in [1.165, 1.54) is 25.3 Å². The Kier molecular flexibility index (Phi) is 5.01. The lowest BCUT2D eigenvalue weighted by molar-refractivity contribution is 0.00536. The Bertz CT molecular complexity index is 577. The quantitative estimate of drug-likeness (QED) is 0.862. The van der Waals surface area contributed by atoms with Gasteiger partial charge in [-0.15, -0.1) is 0 Å². The van der Waals surface area contributed by atoms with E-state index < -0.39 is 6.10 Å². The molecule has 2 fully saturated rings. The number of halogens is 1. The van der Waals surface area contributed by atoms with Crippen molar-refractivity contribution in [3.8, 4) is 0 Å². The summed E-state index contributed by atoms with van der Waals surface area (Å²) in [7, 11) is 0. The molecule has 2 aliphatic rings. The number of aliphatic hydroxyl groups excluding tert-OH is 1. The average Bonchev–Trinajstić information content (AvgIpc) is 2.69. The first kappa shape index (κ1) is 17.8. The van der Waals surface area contributed by atoms with Crippen LogP contribution in [0.1, 0.15) is 45.6 Å². The van der Waals surface area contributed by atoms with Crippen molar-refractivity contribution in [1.29, 1.82) is 0 Å². The minimum absolute atomic E-state index is 0.206. The maximum absolute atomic E-state index is 13.6. The van der Waals surface area contributed by atoms with Crippen LogP contribution in [0.15, 0.2) is 24.3 Å². The molecule has 0 amide bonds. The highest BCUT2D eigenvalue weighted by Gasteiger charge is 2.49. The summed E-state index contributed by atoms with van der Waals surface area (Å²) in [6, 6.07) is 7.18. The molecule has 1 aliphatic heterocycles. The van der Waals surface area contributed by atoms with E-state index in [0.717, 1.165) is 6.54 Å². The third-order valence-electron chi connectivity index (χ3n) is 5.49. The van der Waals surface area contributed by atoms with E-state index >= 15 is 0 Å². The zero-order valence-corrected chi connectivity index (χ0v) is 15.1. The summed E-state index contributed by atoms with van der Waals surface area (Å²) < 4.78 is 19.1. The molecule has 24 heavy (non-hydrogen) atoms. The standard InChI is InChI=1S/C20H30FNO2/c1-19(2)8-16-9-20(3,13-19)14-22(16)10-17(23)12-24-11-15-6-4-5-7-18(15)21/h4-7,16-17,23H,8-14H2,1-3H3/t16-,17+,20-/m1/s1. The highest BCUT2D eigenvalue weighted by molar-refractivity contribution is 5.16. The summed E-state index contributed by atoms with van der Waals surface area (Å²) in [6.45, 7) is 9.25. The second-order valence-corrected chi connectivity index (χ2v) is 8.90. The molecule has 1 heterocycles. The molecule has 1 saturated carbocycles. The van der Waals surface area contributed by atoms with Gasteiger partial charge in [-0.3, -0.25) is 4.90 Å². The number of aliphatic hydroxyl groups is 1. The number of hydrogen-bond donors (Lipinski definition) is 1. The van der Waals surface area contributed by atoms with Crippen molar-refractivity contribution < 1.29 is 14.2 Å². The average molecular weight is 335 g/mol. The normalized spacial score (nSPS) is 30.5. The van der Waals surface area contributed by atoms with Gasteiger partial charge < -0.3 is 9.84 Å². The fourth-order valence-corrected chi connectivity index (χ4v) is 5.03. The van der Waals surface area contributed by atoms with E-state index in [2.05, 4.69) is 25.7 Å². The van der Waals surface area contributed by atoms with Gasteiger partial charge in [0, 0.05) is 24.7 Å². The molecule has 134 valence electrons. The van der Waals surface area contributed by atoms with Crippen molar-refractivity contribution >= 4 is 0 Å². The summed E-state index contributed by atoms with van der Waals surface area (Å²) in [4.78, 5) is 2.44. The molecule has 0 unspecified atom stereocenters. The van der Waals surface area contributed by atoms with Crippen LogP contribution in [0.4, 0.5) is 4.39 Å². The molecular formula is C20H30FNO2. The molecule has 1 aromatic carbocycles. The molecule has 3 nitrogen and oxygen atoms in total. The molecule has 0 spiro atoms. The first-order valence-corrected chi connectivity index (χ1v) is 9.00. The van der Waals surface area contributed by atoms with Crippen molar-refractivity contribution in [1.82, 2.24) is 4.90 Å². The molecule has 1 N–H and O–H groups in total. The van der Waals surface area contributed by atoms with E-state index in [0.29, 0.717) is 29.0 Å². The SMILES string of the molecule is CC1(C)C[C@@H]2C[C@@](C)(CN2C[C@H](O)COCc2ccccc2F)C1. The van der Waals surface area contributed by atoms with E-state index in [1.54, 1.807) is 18.2 Å². The Balaban J connectivity index is 1.47. The molecule has 0 aromatic heterocycles. The summed E-state index contributed by atoms with van der Waals surface area (Å²) in [5, 5.41) is 10.3. The number of rotatable bonds is 6. The Hall–Kier alpha value is -0.970. The number of fused-ring (bicyclic) bond motifs is 2. The smallest absolute Gasteiger partial charge is 0.128 e. The van der Waals surface area contributed by atoms with Gasteiger partial charge in [-0.2, -0.15) is 0 Å². The van der Waals surface area contributed by atoms with E-state index in [4.69, 9.17) is 4.74 Å². The van der Waals surface area contributed by atoms with Crippen LogP contribution < -0.4 is 0 Å². The van der Waals surface area contributed by atoms with E-state index in [1.807, 2.05) is 0 Å². The first-order valence-electron chi connectivity index (χ1n) is 9.00. The van der Waals surface area contributed by atoms with Gasteiger partial charge in [0.05, 0.1) is 19.3 Å². The molecule has 2 bridgehead atoms. The molecule has 3 rings (SSSR count). The number of hydrogen-bond acceptors (Lipinski definition) is 3. The number of nitrogens with zero attached hydrogens (tertiary/aromatic N) is 1. The van der Waals surface area contributed by atoms with E-state index in [-0.39, 0.29) is 19.0 Å². The third kappa shape index (κ3) is 4.16. The third-order valence-corrected chi connectivity index (χ3v) is 5.49. The fourth-order valence-electron chi connectivity index (χ4n) is 5.03. The van der Waals surface area contributed by atoms with Gasteiger partial charge in [0.25, 0.3) is 0 Å². The second kappa shape index (κ2) is 6.74. The molecule has 1 aromatic rings. The highest BCUT2D eigenvalue weighted by Crippen LogP contribution is 2.52. The minimum Gasteiger partial charge on any atom is -0.389 e. The van der Waals surface area contributed by atoms with Crippen LogP contribution in [0.5, 0.6) is 0 Å². The summed E-state index contributed by atoms with van der Waals surface area (Å²) in [5.41, 5.74) is 1.30. The van der Waals surface area contributed by atoms with Crippen LogP contribution in [-0.4, -0.2) is 41.8 Å². The summed E-state index contributed by atoms with van der Waals surface area (Å²) in [5.74, 6) is -0.254. The zero-order chi connectivity index (χ0) is 17.4. The van der Waals surface area contributed by atoms with Crippen LogP contribution in [-0.2, 0) is 11.3 Å². The predicted molar refractivity (Wildman–Crippen MR) is 93.2 cm³/mol. The number of likely N-dealkylation sites (tertiary alicyclic amines) is 1. The number of β-amino-alcohol motifs (C(OH)–C–C–N with tert-alkyl or cyclic N) is 1. The topological polar surface area (TPSA) is 32.7 Å². The van der Waals surface area contributed by atoms with Crippen molar-refractivity contribution in [2.75, 3.05) is 19.7 Å². The monoisotopic (exact) mass is 335 g/mol. The van der Waals surface area contributed by atoms with Crippen LogP contribution in [0.3, 0.4) is 0 Å². The Morgan fingerprint density at radius 1 is 1.29 bits per heavy atom. The van der Waals surface area contributed by atoms with E-state index in [9.17, 15) is 9.50 Å². The number of benzene rings is 1. The maximum Gasteiger partial charge on any atom is 0.128 e. The van der Waals surface area contributed by atoms with Crippen LogP contribution in [0, 0.1) is 16.6 Å². The summed E-state index contributed by atoms with van der Waals surface area (Å²) >= 11 is 0. The fraction of sp³-hybridized carbons (Fsp3) is 0.700. The van der Waals surface area contributed by atoms with Crippen molar-refractivity contribution in [3.05, 3.63) is 35.6 Å². The van der Waals surface area contributed by atoms with Gasteiger partial charge in [0.2, 0.25) is 0 Å². The van der Waals surface area contributed by atoms with Crippen molar-refractivity contribution in [2.24, 2.45) is 10.8 Å². The minimum atomic E-state index is -0.525. The predicted octanol–water partition coefficient (Wildman–Crippen LogP) is 3.60. The van der Waals surface area contributed by atoms with Gasteiger partial charge >= 0.3 is 0 Å². The largest absolute Gasteiger partial charge is 0.389 e. The van der Waals surface area contributed by atoms with Gasteiger partial charge in [0.15, 0.2) is 0 Å². The van der Waals surface area contributed by atoms with Gasteiger partial charge in [0.1, 0.15) is 5.82 Å². The lowest BCUT2D eigenvalue weighted by Crippen LogP contribution is -2.39. The maximum atomic E-state index is 13.6. The lowest BCUT2D eigenvalue weighted by Gasteiger charge is -2.40. The molecular weight excluding hydrogens is 305 g/mol. The Morgan fingerprint density at radius 2 is 2.04 bits per heavy atom. The first-order chi connectivity index (χ1) is 11.3. The Morgan fingerprint density at radius 3 is 2.79 bits per heavy atom. The van der Waals surface area contributed by atoms with Crippen molar-refractivity contribution in [2.45, 2.75) is 58.8 Å².